The number of aryl methyl sites for hydroxylation is 1. The average molecular weight is 219 g/mol. The first kappa shape index (κ1) is 11.1. The summed E-state index contributed by atoms with van der Waals surface area (Å²) in [6.07, 6.45) is 0.659. The van der Waals surface area contributed by atoms with Crippen LogP contribution in [0.25, 0.3) is 0 Å². The molecule has 1 unspecified atom stereocenters. The van der Waals surface area contributed by atoms with Gasteiger partial charge in [-0.15, -0.1) is 0 Å². The van der Waals surface area contributed by atoms with Crippen LogP contribution in [0.15, 0.2) is 18.2 Å². The minimum Gasteiger partial charge on any atom is -0.496 e. The Morgan fingerprint density at radius 2 is 2.19 bits per heavy atom. The van der Waals surface area contributed by atoms with E-state index in [2.05, 4.69) is 4.90 Å². The predicted molar refractivity (Wildman–Crippen MR) is 62.7 cm³/mol. The van der Waals surface area contributed by atoms with Crippen molar-refractivity contribution in [3.63, 3.8) is 0 Å². The fourth-order valence-corrected chi connectivity index (χ4v) is 2.31. The first-order valence-electron chi connectivity index (χ1n) is 5.51. The molecule has 16 heavy (non-hydrogen) atoms. The number of rotatable bonds is 2. The van der Waals surface area contributed by atoms with Crippen LogP contribution in [-0.4, -0.2) is 31.4 Å². The number of benzene rings is 1. The van der Waals surface area contributed by atoms with E-state index in [1.54, 1.807) is 7.11 Å². The summed E-state index contributed by atoms with van der Waals surface area (Å²) < 4.78 is 5.22. The zero-order valence-electron chi connectivity index (χ0n) is 9.99. The van der Waals surface area contributed by atoms with Crippen molar-refractivity contribution in [1.29, 1.82) is 0 Å². The van der Waals surface area contributed by atoms with Crippen molar-refractivity contribution in [2.24, 2.45) is 0 Å². The van der Waals surface area contributed by atoms with Gasteiger partial charge in [-0.05, 0) is 31.2 Å². The molecule has 0 radical (unpaired) electrons. The molecule has 0 aromatic heterocycles. The van der Waals surface area contributed by atoms with Crippen molar-refractivity contribution in [3.05, 3.63) is 29.3 Å². The van der Waals surface area contributed by atoms with Crippen molar-refractivity contribution in [2.45, 2.75) is 19.4 Å². The SMILES string of the molecule is COc1ccc(C2C(=O)CCN2C)cc1C. The Morgan fingerprint density at radius 1 is 1.44 bits per heavy atom. The van der Waals surface area contributed by atoms with E-state index in [-0.39, 0.29) is 6.04 Å². The number of likely N-dealkylation sites (tertiary alicyclic amines) is 1. The van der Waals surface area contributed by atoms with Gasteiger partial charge in [0.1, 0.15) is 5.75 Å². The smallest absolute Gasteiger partial charge is 0.155 e. The van der Waals surface area contributed by atoms with Crippen molar-refractivity contribution in [3.8, 4) is 5.75 Å². The number of ether oxygens (including phenoxy) is 1. The van der Waals surface area contributed by atoms with Crippen LogP contribution in [0.2, 0.25) is 0 Å². The van der Waals surface area contributed by atoms with Gasteiger partial charge in [-0.1, -0.05) is 12.1 Å². The molecule has 0 aliphatic carbocycles. The molecular weight excluding hydrogens is 202 g/mol. The van der Waals surface area contributed by atoms with Gasteiger partial charge in [-0.25, -0.2) is 0 Å². The Balaban J connectivity index is 2.34. The molecule has 1 aliphatic heterocycles. The third kappa shape index (κ3) is 1.83. The van der Waals surface area contributed by atoms with Gasteiger partial charge in [0.15, 0.2) is 5.78 Å². The highest BCUT2D eigenvalue weighted by molar-refractivity contribution is 5.87. The molecule has 1 aromatic rings. The molecular formula is C13H17NO2. The van der Waals surface area contributed by atoms with Gasteiger partial charge in [0.2, 0.25) is 0 Å². The summed E-state index contributed by atoms with van der Waals surface area (Å²) in [4.78, 5) is 13.9. The highest BCUT2D eigenvalue weighted by Crippen LogP contribution is 2.30. The van der Waals surface area contributed by atoms with Gasteiger partial charge >= 0.3 is 0 Å². The van der Waals surface area contributed by atoms with E-state index >= 15 is 0 Å². The number of hydrogen-bond donors (Lipinski definition) is 0. The summed E-state index contributed by atoms with van der Waals surface area (Å²) >= 11 is 0. The lowest BCUT2D eigenvalue weighted by Crippen LogP contribution is -2.21. The Bertz CT molecular complexity index is 414. The van der Waals surface area contributed by atoms with E-state index < -0.39 is 0 Å². The highest BCUT2D eigenvalue weighted by atomic mass is 16.5. The summed E-state index contributed by atoms with van der Waals surface area (Å²) in [6.45, 7) is 2.86. The highest BCUT2D eigenvalue weighted by Gasteiger charge is 2.30. The number of ketones is 1. The molecule has 1 saturated heterocycles. The van der Waals surface area contributed by atoms with E-state index in [0.29, 0.717) is 12.2 Å². The molecule has 0 bridgehead atoms. The van der Waals surface area contributed by atoms with Crippen LogP contribution >= 0.6 is 0 Å². The summed E-state index contributed by atoms with van der Waals surface area (Å²) in [5.41, 5.74) is 2.15. The largest absolute Gasteiger partial charge is 0.496 e. The summed E-state index contributed by atoms with van der Waals surface area (Å²) in [7, 11) is 3.66. The van der Waals surface area contributed by atoms with Crippen molar-refractivity contribution < 1.29 is 9.53 Å². The maximum atomic E-state index is 11.8. The summed E-state index contributed by atoms with van der Waals surface area (Å²) in [5.74, 6) is 1.18. The average Bonchev–Trinajstić information content (AvgIpc) is 2.58. The summed E-state index contributed by atoms with van der Waals surface area (Å²) in [5, 5.41) is 0. The molecule has 1 aromatic carbocycles. The molecule has 1 heterocycles. The Labute approximate surface area is 96.0 Å². The number of carbonyl (C=O) groups is 1. The topological polar surface area (TPSA) is 29.5 Å². The van der Waals surface area contributed by atoms with Crippen LogP contribution in [0, 0.1) is 6.92 Å². The molecule has 86 valence electrons. The lowest BCUT2D eigenvalue weighted by molar-refractivity contribution is -0.119. The molecule has 2 rings (SSSR count). The Morgan fingerprint density at radius 3 is 2.69 bits per heavy atom. The van der Waals surface area contributed by atoms with Crippen LogP contribution in [0.3, 0.4) is 0 Å². The van der Waals surface area contributed by atoms with Crippen LogP contribution in [0.5, 0.6) is 5.75 Å². The van der Waals surface area contributed by atoms with Gasteiger partial charge in [0, 0.05) is 13.0 Å². The first-order chi connectivity index (χ1) is 7.63. The van der Waals surface area contributed by atoms with Gasteiger partial charge < -0.3 is 4.74 Å². The summed E-state index contributed by atoms with van der Waals surface area (Å²) in [6, 6.07) is 5.90. The van der Waals surface area contributed by atoms with E-state index in [1.165, 1.54) is 0 Å². The molecule has 1 fully saturated rings. The first-order valence-corrected chi connectivity index (χ1v) is 5.51. The molecule has 0 saturated carbocycles. The minimum atomic E-state index is -0.0652. The maximum Gasteiger partial charge on any atom is 0.155 e. The molecule has 1 atom stereocenters. The van der Waals surface area contributed by atoms with Crippen LogP contribution in [0.1, 0.15) is 23.6 Å². The van der Waals surface area contributed by atoms with Crippen molar-refractivity contribution >= 4 is 5.78 Å². The van der Waals surface area contributed by atoms with Crippen LogP contribution in [-0.2, 0) is 4.79 Å². The zero-order chi connectivity index (χ0) is 11.7. The lowest BCUT2D eigenvalue weighted by Gasteiger charge is -2.19. The Hall–Kier alpha value is -1.35. The number of Topliss-reactive ketones (excluding diaryl/α,β-unsaturated/α-hetero) is 1. The number of nitrogens with zero attached hydrogens (tertiary/aromatic N) is 1. The van der Waals surface area contributed by atoms with Crippen molar-refractivity contribution in [2.75, 3.05) is 20.7 Å². The normalized spacial score (nSPS) is 21.4. The Kier molecular flexibility index (Phi) is 2.97. The van der Waals surface area contributed by atoms with E-state index in [9.17, 15) is 4.79 Å². The number of methoxy groups -OCH3 is 1. The fourth-order valence-electron chi connectivity index (χ4n) is 2.31. The van der Waals surface area contributed by atoms with Gasteiger partial charge in [0.05, 0.1) is 13.2 Å². The molecule has 0 spiro atoms. The van der Waals surface area contributed by atoms with E-state index in [1.807, 2.05) is 32.2 Å². The second-order valence-corrected chi connectivity index (χ2v) is 4.33. The maximum absolute atomic E-state index is 11.8. The van der Waals surface area contributed by atoms with Crippen LogP contribution in [0.4, 0.5) is 0 Å². The number of carbonyl (C=O) groups excluding carboxylic acids is 1. The molecule has 0 N–H and O–H groups in total. The van der Waals surface area contributed by atoms with Crippen molar-refractivity contribution in [1.82, 2.24) is 4.90 Å². The third-order valence-corrected chi connectivity index (χ3v) is 3.19. The number of likely N-dealkylation sites (N-methyl/N-ethyl adjacent to an activating group) is 1. The number of hydrogen-bond acceptors (Lipinski definition) is 3. The van der Waals surface area contributed by atoms with E-state index in [4.69, 9.17) is 4.74 Å². The molecule has 3 nitrogen and oxygen atoms in total. The predicted octanol–water partition coefficient (Wildman–Crippen LogP) is 1.95. The second kappa shape index (κ2) is 4.26. The minimum absolute atomic E-state index is 0.0652. The second-order valence-electron chi connectivity index (χ2n) is 4.33. The van der Waals surface area contributed by atoms with Crippen LogP contribution < -0.4 is 4.74 Å². The van der Waals surface area contributed by atoms with Gasteiger partial charge in [0.25, 0.3) is 0 Å². The quantitative estimate of drug-likeness (QED) is 0.761. The fraction of sp³-hybridized carbons (Fsp3) is 0.462. The standard InChI is InChI=1S/C13H17NO2/c1-9-8-10(4-5-12(9)16-3)13-11(15)6-7-14(13)2/h4-5,8,13H,6-7H2,1-3H3. The van der Waals surface area contributed by atoms with Gasteiger partial charge in [-0.2, -0.15) is 0 Å². The van der Waals surface area contributed by atoms with E-state index in [0.717, 1.165) is 23.4 Å². The third-order valence-electron chi connectivity index (χ3n) is 3.19. The monoisotopic (exact) mass is 219 g/mol. The lowest BCUT2D eigenvalue weighted by atomic mass is 10.0. The molecule has 3 heteroatoms. The zero-order valence-corrected chi connectivity index (χ0v) is 9.99. The molecule has 0 amide bonds. The van der Waals surface area contributed by atoms with Gasteiger partial charge in [-0.3, -0.25) is 9.69 Å². The molecule has 1 aliphatic rings.